The van der Waals surface area contributed by atoms with E-state index in [0.29, 0.717) is 11.5 Å². The van der Waals surface area contributed by atoms with Gasteiger partial charge in [-0.05, 0) is 30.2 Å². The number of aryl methyl sites for hydroxylation is 1. The minimum absolute atomic E-state index is 0.0977. The summed E-state index contributed by atoms with van der Waals surface area (Å²) >= 11 is 0. The molecule has 4 aromatic rings. The number of phenolic OH excluding ortho intramolecular Hbond substituents is 1. The van der Waals surface area contributed by atoms with E-state index in [1.165, 1.54) is 26.4 Å². The first kappa shape index (κ1) is 25.1. The average Bonchev–Trinajstić information content (AvgIpc) is 2.87. The maximum atomic E-state index is 12.3. The molecule has 7 nitrogen and oxygen atoms in total. The molecule has 0 spiro atoms. The highest BCUT2D eigenvalue weighted by Crippen LogP contribution is 2.33. The fourth-order valence-corrected chi connectivity index (χ4v) is 3.51. The standard InChI is InChI=1S/C17H16O4.C11H11NO2/c1-20-13-10-15(19)17(16(11-13)21-2)14(18)9-8-12-6-4-3-5-7-12;1-7-6-10(13)12-11-8(7)4-3-5-9(11)14-2/h3-11,19H,1-2H3;3-6H,1-2H3,(H,12,13). The van der Waals surface area contributed by atoms with Gasteiger partial charge in [-0.3, -0.25) is 9.59 Å². The quantitative estimate of drug-likeness (QED) is 0.297. The van der Waals surface area contributed by atoms with Crippen LogP contribution in [0.2, 0.25) is 0 Å². The van der Waals surface area contributed by atoms with E-state index in [1.54, 1.807) is 25.3 Å². The molecule has 0 aliphatic rings. The van der Waals surface area contributed by atoms with Gasteiger partial charge in [-0.1, -0.05) is 48.5 Å². The second-order valence-corrected chi connectivity index (χ2v) is 7.53. The van der Waals surface area contributed by atoms with Crippen molar-refractivity contribution < 1.29 is 24.1 Å². The fraction of sp³-hybridized carbons (Fsp3) is 0.143. The zero-order chi connectivity index (χ0) is 25.4. The van der Waals surface area contributed by atoms with Crippen molar-refractivity contribution in [2.24, 2.45) is 0 Å². The maximum absolute atomic E-state index is 12.3. The summed E-state index contributed by atoms with van der Waals surface area (Å²) in [6, 6.07) is 19.7. The predicted octanol–water partition coefficient (Wildman–Crippen LogP) is 5.15. The van der Waals surface area contributed by atoms with E-state index in [-0.39, 0.29) is 28.4 Å². The van der Waals surface area contributed by atoms with E-state index in [2.05, 4.69) is 4.98 Å². The van der Waals surface area contributed by atoms with Crippen LogP contribution in [0.25, 0.3) is 17.0 Å². The van der Waals surface area contributed by atoms with E-state index in [4.69, 9.17) is 14.2 Å². The van der Waals surface area contributed by atoms with Crippen LogP contribution in [0.5, 0.6) is 23.0 Å². The van der Waals surface area contributed by atoms with Crippen molar-refractivity contribution in [3.05, 3.63) is 99.9 Å². The van der Waals surface area contributed by atoms with Crippen molar-refractivity contribution in [2.45, 2.75) is 6.92 Å². The first-order valence-electron chi connectivity index (χ1n) is 10.8. The summed E-state index contributed by atoms with van der Waals surface area (Å²) in [7, 11) is 4.51. The Morgan fingerprint density at radius 3 is 2.26 bits per heavy atom. The number of ketones is 1. The molecule has 0 radical (unpaired) electrons. The van der Waals surface area contributed by atoms with Gasteiger partial charge in [0.2, 0.25) is 5.56 Å². The number of rotatable bonds is 6. The summed E-state index contributed by atoms with van der Waals surface area (Å²) in [5.41, 5.74) is 2.64. The molecular weight excluding hydrogens is 446 g/mol. The van der Waals surface area contributed by atoms with E-state index in [1.807, 2.05) is 55.5 Å². The number of benzene rings is 3. The lowest BCUT2D eigenvalue weighted by atomic mass is 10.1. The normalized spacial score (nSPS) is 10.5. The first-order chi connectivity index (χ1) is 16.9. The van der Waals surface area contributed by atoms with Gasteiger partial charge in [-0.2, -0.15) is 0 Å². The van der Waals surface area contributed by atoms with Crippen LogP contribution < -0.4 is 19.8 Å². The Morgan fingerprint density at radius 1 is 0.886 bits per heavy atom. The smallest absolute Gasteiger partial charge is 0.248 e. The molecule has 0 unspecified atom stereocenters. The summed E-state index contributed by atoms with van der Waals surface area (Å²) in [4.78, 5) is 26.3. The molecule has 0 saturated carbocycles. The number of pyridine rings is 1. The van der Waals surface area contributed by atoms with Gasteiger partial charge in [0.15, 0.2) is 5.78 Å². The molecular formula is C28H27NO6. The highest BCUT2D eigenvalue weighted by molar-refractivity contribution is 6.10. The largest absolute Gasteiger partial charge is 0.507 e. The van der Waals surface area contributed by atoms with Crippen LogP contribution in [0.1, 0.15) is 21.5 Å². The van der Waals surface area contributed by atoms with Gasteiger partial charge in [0, 0.05) is 23.6 Å². The van der Waals surface area contributed by atoms with E-state index in [0.717, 1.165) is 22.0 Å². The summed E-state index contributed by atoms with van der Waals surface area (Å²) in [5.74, 6) is 0.885. The zero-order valence-electron chi connectivity index (χ0n) is 20.0. The van der Waals surface area contributed by atoms with Crippen LogP contribution in [-0.4, -0.2) is 37.2 Å². The topological polar surface area (TPSA) is 97.8 Å². The fourth-order valence-electron chi connectivity index (χ4n) is 3.51. The van der Waals surface area contributed by atoms with Crippen molar-refractivity contribution in [1.82, 2.24) is 4.98 Å². The number of nitrogens with one attached hydrogen (secondary N) is 1. The predicted molar refractivity (Wildman–Crippen MR) is 137 cm³/mol. The number of carbonyl (C=O) groups excluding carboxylic acids is 1. The molecule has 0 fully saturated rings. The lowest BCUT2D eigenvalue weighted by Gasteiger charge is -2.10. The number of phenols is 1. The molecule has 180 valence electrons. The highest BCUT2D eigenvalue weighted by Gasteiger charge is 2.17. The molecule has 0 atom stereocenters. The molecule has 2 N–H and O–H groups in total. The molecule has 0 aliphatic heterocycles. The summed E-state index contributed by atoms with van der Waals surface area (Å²) in [6.45, 7) is 1.91. The number of allylic oxidation sites excluding steroid dienone is 1. The van der Waals surface area contributed by atoms with E-state index < -0.39 is 0 Å². The van der Waals surface area contributed by atoms with Crippen molar-refractivity contribution in [3.8, 4) is 23.0 Å². The average molecular weight is 474 g/mol. The van der Waals surface area contributed by atoms with Crippen molar-refractivity contribution in [2.75, 3.05) is 21.3 Å². The monoisotopic (exact) mass is 473 g/mol. The minimum atomic E-state index is -0.337. The summed E-state index contributed by atoms with van der Waals surface area (Å²) in [6.07, 6.45) is 3.09. The lowest BCUT2D eigenvalue weighted by molar-refractivity contribution is 0.104. The Bertz CT molecular complexity index is 1410. The van der Waals surface area contributed by atoms with Crippen LogP contribution in [0.4, 0.5) is 0 Å². The number of aromatic nitrogens is 1. The van der Waals surface area contributed by atoms with Crippen molar-refractivity contribution in [1.29, 1.82) is 0 Å². The first-order valence-corrected chi connectivity index (χ1v) is 10.8. The molecule has 1 heterocycles. The van der Waals surface area contributed by atoms with Crippen LogP contribution in [-0.2, 0) is 0 Å². The molecule has 0 aliphatic carbocycles. The number of fused-ring (bicyclic) bond motifs is 1. The summed E-state index contributed by atoms with van der Waals surface area (Å²) in [5, 5.41) is 11.0. The van der Waals surface area contributed by atoms with Crippen LogP contribution in [0.15, 0.2) is 77.6 Å². The second-order valence-electron chi connectivity index (χ2n) is 7.53. The molecule has 0 saturated heterocycles. The molecule has 0 amide bonds. The third-order valence-corrected chi connectivity index (χ3v) is 5.25. The number of para-hydroxylation sites is 1. The lowest BCUT2D eigenvalue weighted by Crippen LogP contribution is -2.05. The number of hydrogen-bond donors (Lipinski definition) is 2. The Hall–Kier alpha value is -4.52. The highest BCUT2D eigenvalue weighted by atomic mass is 16.5. The van der Waals surface area contributed by atoms with E-state index >= 15 is 0 Å². The SMILES string of the molecule is COc1cc(O)c(C(=O)C=Cc2ccccc2)c(OC)c1.COc1cccc2c(C)cc(=O)[nH]c12. The molecule has 0 bridgehead atoms. The number of aromatic hydroxyl groups is 1. The zero-order valence-corrected chi connectivity index (χ0v) is 20.0. The van der Waals surface area contributed by atoms with Gasteiger partial charge in [-0.15, -0.1) is 0 Å². The molecule has 4 rings (SSSR count). The van der Waals surface area contributed by atoms with Gasteiger partial charge in [0.1, 0.15) is 28.6 Å². The second kappa shape index (κ2) is 11.6. The molecule has 3 aromatic carbocycles. The molecule has 7 heteroatoms. The minimum Gasteiger partial charge on any atom is -0.507 e. The van der Waals surface area contributed by atoms with Crippen LogP contribution in [0, 0.1) is 6.92 Å². The number of H-pyrrole nitrogens is 1. The number of hydrogen-bond acceptors (Lipinski definition) is 6. The van der Waals surface area contributed by atoms with Crippen LogP contribution in [0.3, 0.4) is 0 Å². The third-order valence-electron chi connectivity index (χ3n) is 5.25. The number of carbonyl (C=O) groups is 1. The Balaban J connectivity index is 0.000000211. The van der Waals surface area contributed by atoms with Gasteiger partial charge in [0.25, 0.3) is 0 Å². The Morgan fingerprint density at radius 2 is 1.60 bits per heavy atom. The maximum Gasteiger partial charge on any atom is 0.248 e. The van der Waals surface area contributed by atoms with E-state index in [9.17, 15) is 14.7 Å². The van der Waals surface area contributed by atoms with Crippen molar-refractivity contribution in [3.63, 3.8) is 0 Å². The molecule has 1 aromatic heterocycles. The number of methoxy groups -OCH3 is 3. The van der Waals surface area contributed by atoms with Crippen LogP contribution >= 0.6 is 0 Å². The van der Waals surface area contributed by atoms with Gasteiger partial charge in [-0.25, -0.2) is 0 Å². The number of ether oxygens (including phenoxy) is 3. The van der Waals surface area contributed by atoms with Gasteiger partial charge >= 0.3 is 0 Å². The third kappa shape index (κ3) is 6.09. The van der Waals surface area contributed by atoms with Gasteiger partial charge in [0.05, 0.1) is 26.8 Å². The number of aromatic amines is 1. The van der Waals surface area contributed by atoms with Crippen molar-refractivity contribution >= 4 is 22.8 Å². The molecule has 35 heavy (non-hydrogen) atoms. The Kier molecular flexibility index (Phi) is 8.29. The summed E-state index contributed by atoms with van der Waals surface area (Å²) < 4.78 is 15.3. The Labute approximate surface area is 203 Å². The van der Waals surface area contributed by atoms with Gasteiger partial charge < -0.3 is 24.3 Å².